The van der Waals surface area contributed by atoms with E-state index in [-0.39, 0.29) is 0 Å². The van der Waals surface area contributed by atoms with Crippen molar-refractivity contribution in [1.29, 1.82) is 5.26 Å². The Bertz CT molecular complexity index is 606. The molecule has 102 valence electrons. The smallest absolute Gasteiger partial charge is 0.301 e. The summed E-state index contributed by atoms with van der Waals surface area (Å²) in [6.45, 7) is 2.19. The predicted molar refractivity (Wildman–Crippen MR) is 75.8 cm³/mol. The first kappa shape index (κ1) is 14.3. The maximum absolute atomic E-state index is 12.2. The van der Waals surface area contributed by atoms with Gasteiger partial charge in [-0.1, -0.05) is 0 Å². The standard InChI is InChI=1S/C11H13BrN4O2S/c12-10-7-9(8-13)1-2-11(10)15-19(17,18)16-5-3-14-4-6-16/h1-2,7,14-15H,3-6H2. The van der Waals surface area contributed by atoms with Crippen molar-refractivity contribution in [2.75, 3.05) is 30.9 Å². The van der Waals surface area contributed by atoms with E-state index in [9.17, 15) is 8.42 Å². The summed E-state index contributed by atoms with van der Waals surface area (Å²) in [6, 6.07) is 6.72. The molecule has 0 bridgehead atoms. The fourth-order valence-corrected chi connectivity index (χ4v) is 3.61. The van der Waals surface area contributed by atoms with E-state index < -0.39 is 10.2 Å². The van der Waals surface area contributed by atoms with E-state index in [0.29, 0.717) is 41.9 Å². The van der Waals surface area contributed by atoms with Crippen molar-refractivity contribution in [3.63, 3.8) is 0 Å². The SMILES string of the molecule is N#Cc1ccc(NS(=O)(=O)N2CCNCC2)c(Br)c1. The van der Waals surface area contributed by atoms with Crippen LogP contribution in [0.4, 0.5) is 5.69 Å². The second-order valence-corrected chi connectivity index (χ2v) is 6.59. The van der Waals surface area contributed by atoms with Gasteiger partial charge in [0.15, 0.2) is 0 Å². The first-order valence-electron chi connectivity index (χ1n) is 5.71. The molecule has 0 saturated carbocycles. The molecule has 2 N–H and O–H groups in total. The summed E-state index contributed by atoms with van der Waals surface area (Å²) < 4.78 is 28.8. The number of rotatable bonds is 3. The molecule has 1 aromatic carbocycles. The van der Waals surface area contributed by atoms with Gasteiger partial charge in [-0.25, -0.2) is 0 Å². The third-order valence-electron chi connectivity index (χ3n) is 2.75. The van der Waals surface area contributed by atoms with Crippen molar-refractivity contribution >= 4 is 31.8 Å². The van der Waals surface area contributed by atoms with Gasteiger partial charge in [0, 0.05) is 30.7 Å². The normalized spacial score (nSPS) is 16.8. The minimum atomic E-state index is -3.55. The fraction of sp³-hybridized carbons (Fsp3) is 0.364. The lowest BCUT2D eigenvalue weighted by Crippen LogP contribution is -2.48. The fourth-order valence-electron chi connectivity index (χ4n) is 1.76. The van der Waals surface area contributed by atoms with Crippen LogP contribution in [0, 0.1) is 11.3 Å². The zero-order valence-corrected chi connectivity index (χ0v) is 12.5. The molecule has 1 aromatic rings. The monoisotopic (exact) mass is 344 g/mol. The van der Waals surface area contributed by atoms with Gasteiger partial charge in [-0.3, -0.25) is 4.72 Å². The molecule has 1 saturated heterocycles. The molecule has 19 heavy (non-hydrogen) atoms. The molecular weight excluding hydrogens is 332 g/mol. The summed E-state index contributed by atoms with van der Waals surface area (Å²) in [5.74, 6) is 0. The molecule has 1 heterocycles. The van der Waals surface area contributed by atoms with Crippen LogP contribution in [0.1, 0.15) is 5.56 Å². The molecular formula is C11H13BrN4O2S. The van der Waals surface area contributed by atoms with Gasteiger partial charge in [-0.15, -0.1) is 0 Å². The Balaban J connectivity index is 2.18. The number of hydrogen-bond acceptors (Lipinski definition) is 4. The quantitative estimate of drug-likeness (QED) is 0.852. The highest BCUT2D eigenvalue weighted by atomic mass is 79.9. The van der Waals surface area contributed by atoms with Crippen LogP contribution in [0.25, 0.3) is 0 Å². The summed E-state index contributed by atoms with van der Waals surface area (Å²) in [5, 5.41) is 11.9. The minimum Gasteiger partial charge on any atom is -0.314 e. The number of nitrogens with one attached hydrogen (secondary N) is 2. The molecule has 0 aromatic heterocycles. The first-order valence-corrected chi connectivity index (χ1v) is 7.94. The van der Waals surface area contributed by atoms with Crippen LogP contribution < -0.4 is 10.0 Å². The molecule has 0 radical (unpaired) electrons. The molecule has 0 amide bonds. The van der Waals surface area contributed by atoms with Crippen LogP contribution in [0.2, 0.25) is 0 Å². The lowest BCUT2D eigenvalue weighted by molar-refractivity contribution is 0.362. The number of nitriles is 1. The molecule has 8 heteroatoms. The Kier molecular flexibility index (Phi) is 4.42. The zero-order valence-electron chi connectivity index (χ0n) is 10.1. The van der Waals surface area contributed by atoms with Crippen LogP contribution in [0.15, 0.2) is 22.7 Å². The van der Waals surface area contributed by atoms with Gasteiger partial charge in [0.2, 0.25) is 0 Å². The summed E-state index contributed by atoms with van der Waals surface area (Å²) in [7, 11) is -3.55. The molecule has 0 unspecified atom stereocenters. The van der Waals surface area contributed by atoms with E-state index in [1.54, 1.807) is 18.2 Å². The number of anilines is 1. The molecule has 0 spiro atoms. The van der Waals surface area contributed by atoms with E-state index in [1.165, 1.54) is 4.31 Å². The molecule has 1 aliphatic rings. The molecule has 0 aliphatic carbocycles. The van der Waals surface area contributed by atoms with Crippen LogP contribution in [-0.2, 0) is 10.2 Å². The molecule has 2 rings (SSSR count). The van der Waals surface area contributed by atoms with Gasteiger partial charge in [-0.05, 0) is 34.1 Å². The van der Waals surface area contributed by atoms with Gasteiger partial charge in [0.05, 0.1) is 17.3 Å². The molecule has 0 atom stereocenters. The highest BCUT2D eigenvalue weighted by molar-refractivity contribution is 9.10. The molecule has 1 fully saturated rings. The average Bonchev–Trinajstić information content (AvgIpc) is 2.42. The van der Waals surface area contributed by atoms with Crippen molar-refractivity contribution in [3.8, 4) is 6.07 Å². The van der Waals surface area contributed by atoms with Gasteiger partial charge in [-0.2, -0.15) is 18.0 Å². The Morgan fingerprint density at radius 3 is 2.63 bits per heavy atom. The topological polar surface area (TPSA) is 85.2 Å². The zero-order chi connectivity index (χ0) is 13.9. The summed E-state index contributed by atoms with van der Waals surface area (Å²) in [4.78, 5) is 0. The maximum atomic E-state index is 12.2. The second kappa shape index (κ2) is 5.88. The minimum absolute atomic E-state index is 0.428. The number of piperazine rings is 1. The lowest BCUT2D eigenvalue weighted by Gasteiger charge is -2.27. The number of hydrogen-bond donors (Lipinski definition) is 2. The summed E-state index contributed by atoms with van der Waals surface area (Å²) in [5.41, 5.74) is 0.898. The van der Waals surface area contributed by atoms with E-state index >= 15 is 0 Å². The Labute approximate surface area is 120 Å². The van der Waals surface area contributed by atoms with Crippen molar-refractivity contribution in [2.24, 2.45) is 0 Å². The van der Waals surface area contributed by atoms with Crippen molar-refractivity contribution in [2.45, 2.75) is 0 Å². The first-order chi connectivity index (χ1) is 9.03. The van der Waals surface area contributed by atoms with Gasteiger partial charge in [0.25, 0.3) is 0 Å². The van der Waals surface area contributed by atoms with Crippen LogP contribution >= 0.6 is 15.9 Å². The van der Waals surface area contributed by atoms with Crippen molar-refractivity contribution < 1.29 is 8.42 Å². The van der Waals surface area contributed by atoms with Crippen LogP contribution in [-0.4, -0.2) is 38.9 Å². The Morgan fingerprint density at radius 2 is 2.05 bits per heavy atom. The Morgan fingerprint density at radius 1 is 1.37 bits per heavy atom. The largest absolute Gasteiger partial charge is 0.314 e. The number of halogens is 1. The Hall–Kier alpha value is -1.14. The second-order valence-electron chi connectivity index (χ2n) is 4.06. The third-order valence-corrected chi connectivity index (χ3v) is 4.93. The number of nitrogens with zero attached hydrogens (tertiary/aromatic N) is 2. The van der Waals surface area contributed by atoms with Crippen LogP contribution in [0.3, 0.4) is 0 Å². The highest BCUT2D eigenvalue weighted by Crippen LogP contribution is 2.25. The third kappa shape index (κ3) is 3.45. The molecule has 6 nitrogen and oxygen atoms in total. The van der Waals surface area contributed by atoms with Crippen LogP contribution in [0.5, 0.6) is 0 Å². The predicted octanol–water partition coefficient (Wildman–Crippen LogP) is 0.883. The average molecular weight is 345 g/mol. The van der Waals surface area contributed by atoms with E-state index in [2.05, 4.69) is 26.0 Å². The van der Waals surface area contributed by atoms with Gasteiger partial charge >= 0.3 is 10.2 Å². The highest BCUT2D eigenvalue weighted by Gasteiger charge is 2.24. The molecule has 1 aliphatic heterocycles. The van der Waals surface area contributed by atoms with Gasteiger partial charge < -0.3 is 5.32 Å². The van der Waals surface area contributed by atoms with Crippen molar-refractivity contribution in [3.05, 3.63) is 28.2 Å². The van der Waals surface area contributed by atoms with Crippen molar-refractivity contribution in [1.82, 2.24) is 9.62 Å². The maximum Gasteiger partial charge on any atom is 0.301 e. The van der Waals surface area contributed by atoms with Gasteiger partial charge in [0.1, 0.15) is 0 Å². The lowest BCUT2D eigenvalue weighted by atomic mass is 10.2. The summed E-state index contributed by atoms with van der Waals surface area (Å²) >= 11 is 3.26. The number of benzene rings is 1. The van der Waals surface area contributed by atoms with E-state index in [0.717, 1.165) is 0 Å². The van der Waals surface area contributed by atoms with E-state index in [4.69, 9.17) is 5.26 Å². The summed E-state index contributed by atoms with van der Waals surface area (Å²) in [6.07, 6.45) is 0. The van der Waals surface area contributed by atoms with E-state index in [1.807, 2.05) is 6.07 Å².